The quantitative estimate of drug-likeness (QED) is 0.329. The molecular formula is C23H20N4O4S. The number of nitrogens with zero attached hydrogens (tertiary/aromatic N) is 4. The minimum absolute atomic E-state index is 0.0471. The molecule has 0 atom stereocenters. The fourth-order valence-corrected chi connectivity index (χ4v) is 3.86. The molecule has 1 N–H and O–H groups in total. The third kappa shape index (κ3) is 5.06. The van der Waals surface area contributed by atoms with Crippen LogP contribution in [0.5, 0.6) is 11.5 Å². The largest absolute Gasteiger partial charge is 0.504 e. The van der Waals surface area contributed by atoms with E-state index in [4.69, 9.17) is 9.15 Å². The van der Waals surface area contributed by atoms with Crippen molar-refractivity contribution in [3.05, 3.63) is 82.9 Å². The van der Waals surface area contributed by atoms with Gasteiger partial charge in [-0.1, -0.05) is 12.1 Å². The molecule has 1 fully saturated rings. The van der Waals surface area contributed by atoms with Gasteiger partial charge in [0.1, 0.15) is 5.76 Å². The number of hydrogen-bond donors (Lipinski definition) is 1. The lowest BCUT2D eigenvalue weighted by Gasteiger charge is -2.12. The smallest absolute Gasteiger partial charge is 0.267 e. The Hall–Kier alpha value is -3.85. The topological polar surface area (TPSA) is 101 Å². The molecule has 1 aliphatic heterocycles. The number of hydrogen-bond acceptors (Lipinski definition) is 8. The number of furan rings is 1. The first-order chi connectivity index (χ1) is 15.6. The number of amides is 1. The van der Waals surface area contributed by atoms with Crippen molar-refractivity contribution < 1.29 is 19.1 Å². The molecule has 0 aliphatic carbocycles. The van der Waals surface area contributed by atoms with Crippen LogP contribution in [0, 0.1) is 0 Å². The van der Waals surface area contributed by atoms with E-state index in [0.29, 0.717) is 28.2 Å². The van der Waals surface area contributed by atoms with Gasteiger partial charge in [0.05, 0.1) is 30.5 Å². The van der Waals surface area contributed by atoms with Crippen LogP contribution in [-0.4, -0.2) is 38.9 Å². The number of rotatable bonds is 7. The van der Waals surface area contributed by atoms with Crippen LogP contribution in [-0.2, 0) is 11.3 Å². The van der Waals surface area contributed by atoms with Crippen molar-refractivity contribution in [3.63, 3.8) is 0 Å². The van der Waals surface area contributed by atoms with E-state index in [1.165, 1.54) is 22.7 Å². The lowest BCUT2D eigenvalue weighted by atomic mass is 10.2. The fourth-order valence-electron chi connectivity index (χ4n) is 2.92. The van der Waals surface area contributed by atoms with E-state index in [9.17, 15) is 9.90 Å². The standard InChI is InChI=1S/C23H20N4O4S/c1-2-30-20-11-16(7-8-19(20)28)12-21-22(29)27(15-18-6-4-10-31-18)23(32-21)26-25-14-17-5-3-9-24-13-17/h3-14,28H,2,15H2,1H3/b21-12-,25-14-,26-23+. The van der Waals surface area contributed by atoms with E-state index in [-0.39, 0.29) is 18.2 Å². The number of carbonyl (C=O) groups excluding carboxylic acids is 1. The molecule has 162 valence electrons. The molecule has 9 heteroatoms. The third-order valence-electron chi connectivity index (χ3n) is 4.40. The van der Waals surface area contributed by atoms with Crippen molar-refractivity contribution in [2.75, 3.05) is 6.61 Å². The van der Waals surface area contributed by atoms with Crippen LogP contribution in [0.15, 0.2) is 80.6 Å². The van der Waals surface area contributed by atoms with Gasteiger partial charge in [-0.2, -0.15) is 5.10 Å². The molecule has 3 aromatic rings. The summed E-state index contributed by atoms with van der Waals surface area (Å²) in [6, 6.07) is 12.2. The Morgan fingerprint density at radius 1 is 1.25 bits per heavy atom. The number of thioether (sulfide) groups is 1. The van der Waals surface area contributed by atoms with Crippen molar-refractivity contribution >= 4 is 35.1 Å². The van der Waals surface area contributed by atoms with Gasteiger partial charge in [-0.05, 0) is 60.7 Å². The highest BCUT2D eigenvalue weighted by Gasteiger charge is 2.34. The molecule has 1 aliphatic rings. The van der Waals surface area contributed by atoms with E-state index < -0.39 is 0 Å². The molecule has 0 unspecified atom stereocenters. The lowest BCUT2D eigenvalue weighted by molar-refractivity contribution is -0.122. The second-order valence-corrected chi connectivity index (χ2v) is 7.66. The summed E-state index contributed by atoms with van der Waals surface area (Å²) in [5, 5.41) is 18.7. The van der Waals surface area contributed by atoms with Gasteiger partial charge >= 0.3 is 0 Å². The monoisotopic (exact) mass is 448 g/mol. The molecule has 0 radical (unpaired) electrons. The molecular weight excluding hydrogens is 428 g/mol. The molecule has 8 nitrogen and oxygen atoms in total. The van der Waals surface area contributed by atoms with Crippen LogP contribution in [0.2, 0.25) is 0 Å². The summed E-state index contributed by atoms with van der Waals surface area (Å²) in [7, 11) is 0. The van der Waals surface area contributed by atoms with Gasteiger partial charge < -0.3 is 14.3 Å². The summed E-state index contributed by atoms with van der Waals surface area (Å²) in [5.74, 6) is 0.825. The van der Waals surface area contributed by atoms with Gasteiger partial charge in [-0.15, -0.1) is 5.10 Å². The van der Waals surface area contributed by atoms with Gasteiger partial charge in [0.2, 0.25) is 0 Å². The molecule has 1 amide bonds. The predicted octanol–water partition coefficient (Wildman–Crippen LogP) is 4.29. The van der Waals surface area contributed by atoms with Gasteiger partial charge in [0.25, 0.3) is 5.91 Å². The van der Waals surface area contributed by atoms with Gasteiger partial charge in [-0.3, -0.25) is 14.7 Å². The van der Waals surface area contributed by atoms with Gasteiger partial charge in [-0.25, -0.2) is 0 Å². The molecule has 0 saturated carbocycles. The first-order valence-corrected chi connectivity index (χ1v) is 10.7. The summed E-state index contributed by atoms with van der Waals surface area (Å²) in [4.78, 5) is 19.2. The number of carbonyl (C=O) groups is 1. The number of aromatic hydroxyl groups is 1. The number of aromatic nitrogens is 1. The van der Waals surface area contributed by atoms with Gasteiger partial charge in [0, 0.05) is 18.0 Å². The Labute approximate surface area is 188 Å². The maximum absolute atomic E-state index is 13.1. The highest BCUT2D eigenvalue weighted by atomic mass is 32.2. The van der Waals surface area contributed by atoms with Crippen LogP contribution >= 0.6 is 11.8 Å². The lowest BCUT2D eigenvalue weighted by Crippen LogP contribution is -2.28. The molecule has 2 aromatic heterocycles. The molecule has 0 spiro atoms. The van der Waals surface area contributed by atoms with E-state index in [2.05, 4.69) is 15.2 Å². The maximum atomic E-state index is 13.1. The highest BCUT2D eigenvalue weighted by molar-refractivity contribution is 8.18. The second kappa shape index (κ2) is 9.97. The molecule has 3 heterocycles. The molecule has 1 saturated heterocycles. The van der Waals surface area contributed by atoms with Crippen molar-refractivity contribution in [2.45, 2.75) is 13.5 Å². The van der Waals surface area contributed by atoms with Crippen LogP contribution in [0.4, 0.5) is 0 Å². The Morgan fingerprint density at radius 2 is 2.16 bits per heavy atom. The van der Waals surface area contributed by atoms with E-state index >= 15 is 0 Å². The SMILES string of the molecule is CCOc1cc(/C=C2\S/C(=N/N=C\c3cccnc3)N(Cc3ccco3)C2=O)ccc1O. The van der Waals surface area contributed by atoms with E-state index in [0.717, 1.165) is 11.1 Å². The van der Waals surface area contributed by atoms with Crippen molar-refractivity contribution in [3.8, 4) is 11.5 Å². The second-order valence-electron chi connectivity index (χ2n) is 6.65. The Balaban J connectivity index is 1.62. The minimum atomic E-state index is -0.215. The van der Waals surface area contributed by atoms with Crippen molar-refractivity contribution in [1.82, 2.24) is 9.88 Å². The van der Waals surface area contributed by atoms with Crippen molar-refractivity contribution in [2.24, 2.45) is 10.2 Å². The zero-order chi connectivity index (χ0) is 22.3. The maximum Gasteiger partial charge on any atom is 0.267 e. The summed E-state index contributed by atoms with van der Waals surface area (Å²) in [6.07, 6.45) is 8.22. The summed E-state index contributed by atoms with van der Waals surface area (Å²) in [5.41, 5.74) is 1.52. The van der Waals surface area contributed by atoms with Crippen LogP contribution < -0.4 is 4.74 Å². The predicted molar refractivity (Wildman–Crippen MR) is 123 cm³/mol. The van der Waals surface area contributed by atoms with Gasteiger partial charge in [0.15, 0.2) is 16.7 Å². The molecule has 0 bridgehead atoms. The Morgan fingerprint density at radius 3 is 2.91 bits per heavy atom. The number of ether oxygens (including phenoxy) is 1. The molecule has 1 aromatic carbocycles. The average Bonchev–Trinajstić information content (AvgIpc) is 3.41. The van der Waals surface area contributed by atoms with Crippen molar-refractivity contribution in [1.29, 1.82) is 0 Å². The fraction of sp³-hybridized carbons (Fsp3) is 0.130. The number of benzene rings is 1. The van der Waals surface area contributed by atoms with E-state index in [1.54, 1.807) is 61.3 Å². The first-order valence-electron chi connectivity index (χ1n) is 9.84. The number of amidine groups is 1. The van der Waals surface area contributed by atoms with Crippen LogP contribution in [0.3, 0.4) is 0 Å². The average molecular weight is 449 g/mol. The van der Waals surface area contributed by atoms with Crippen LogP contribution in [0.25, 0.3) is 6.08 Å². The minimum Gasteiger partial charge on any atom is -0.504 e. The number of phenolic OH excluding ortho intramolecular Hbond substituents is 1. The Bertz CT molecular complexity index is 1170. The first kappa shape index (κ1) is 21.4. The zero-order valence-corrected chi connectivity index (χ0v) is 18.0. The zero-order valence-electron chi connectivity index (χ0n) is 17.2. The summed E-state index contributed by atoms with van der Waals surface area (Å²) < 4.78 is 10.8. The normalized spacial score (nSPS) is 16.5. The number of pyridine rings is 1. The molecule has 4 rings (SSSR count). The highest BCUT2D eigenvalue weighted by Crippen LogP contribution is 2.35. The molecule has 32 heavy (non-hydrogen) atoms. The Kier molecular flexibility index (Phi) is 6.66. The number of phenols is 1. The summed E-state index contributed by atoms with van der Waals surface area (Å²) in [6.45, 7) is 2.49. The van der Waals surface area contributed by atoms with Crippen LogP contribution in [0.1, 0.15) is 23.8 Å². The summed E-state index contributed by atoms with van der Waals surface area (Å²) >= 11 is 1.22. The van der Waals surface area contributed by atoms with E-state index in [1.807, 2.05) is 13.0 Å². The third-order valence-corrected chi connectivity index (χ3v) is 5.40.